The van der Waals surface area contributed by atoms with Crippen molar-refractivity contribution in [2.75, 3.05) is 0 Å². The number of hydrogen-bond donors (Lipinski definition) is 4. The molecule has 5 nitrogen and oxygen atoms in total. The van der Waals surface area contributed by atoms with Crippen LogP contribution in [0.3, 0.4) is 0 Å². The molecule has 13 atom stereocenters. The number of aliphatic hydroxyl groups excluding tert-OH is 4. The van der Waals surface area contributed by atoms with Crippen molar-refractivity contribution < 1.29 is 25.2 Å². The third kappa shape index (κ3) is 3.93. The zero-order valence-electron chi connectivity index (χ0n) is 21.6. The van der Waals surface area contributed by atoms with Gasteiger partial charge in [0.2, 0.25) is 0 Å². The monoisotopic (exact) mass is 464 g/mol. The molecule has 5 heteroatoms. The number of rotatable bonds is 5. The lowest BCUT2D eigenvalue weighted by molar-refractivity contribution is -0.175. The van der Waals surface area contributed by atoms with Crippen molar-refractivity contribution in [2.24, 2.45) is 58.2 Å². The molecule has 4 fully saturated rings. The molecule has 0 aromatic carbocycles. The van der Waals surface area contributed by atoms with E-state index in [0.29, 0.717) is 48.9 Å². The summed E-state index contributed by atoms with van der Waals surface area (Å²) in [6.45, 7) is 12.9. The second-order valence-corrected chi connectivity index (χ2v) is 13.4. The maximum absolute atomic E-state index is 13.3. The van der Waals surface area contributed by atoms with Gasteiger partial charge in [0.1, 0.15) is 5.78 Å². The Kier molecular flexibility index (Phi) is 6.88. The fraction of sp³-hybridized carbons (Fsp3) is 0.964. The molecule has 4 aliphatic rings. The van der Waals surface area contributed by atoms with E-state index in [9.17, 15) is 25.2 Å². The Hall–Kier alpha value is -0.490. The molecular weight excluding hydrogens is 416 g/mol. The highest BCUT2D eigenvalue weighted by atomic mass is 16.3. The molecule has 4 aliphatic carbocycles. The fourth-order valence-corrected chi connectivity index (χ4v) is 9.23. The summed E-state index contributed by atoms with van der Waals surface area (Å²) in [7, 11) is 0. The summed E-state index contributed by atoms with van der Waals surface area (Å²) in [5, 5.41) is 42.8. The smallest absolute Gasteiger partial charge is 0.136 e. The van der Waals surface area contributed by atoms with Gasteiger partial charge in [-0.2, -0.15) is 0 Å². The quantitative estimate of drug-likeness (QED) is 0.496. The van der Waals surface area contributed by atoms with Crippen LogP contribution in [0.1, 0.15) is 86.5 Å². The van der Waals surface area contributed by atoms with Gasteiger partial charge in [0.25, 0.3) is 0 Å². The van der Waals surface area contributed by atoms with Crippen molar-refractivity contribution in [1.29, 1.82) is 0 Å². The molecule has 0 heterocycles. The molecule has 0 spiro atoms. The summed E-state index contributed by atoms with van der Waals surface area (Å²) in [4.78, 5) is 13.3. The molecule has 33 heavy (non-hydrogen) atoms. The van der Waals surface area contributed by atoms with Crippen molar-refractivity contribution >= 4 is 5.78 Å². The molecular formula is C28H48O5. The first-order valence-corrected chi connectivity index (χ1v) is 13.6. The number of fused-ring (bicyclic) bond motifs is 5. The van der Waals surface area contributed by atoms with Crippen LogP contribution in [0, 0.1) is 58.2 Å². The van der Waals surface area contributed by atoms with Crippen molar-refractivity contribution in [3.05, 3.63) is 0 Å². The lowest BCUT2D eigenvalue weighted by Gasteiger charge is -2.61. The van der Waals surface area contributed by atoms with Gasteiger partial charge >= 0.3 is 0 Å². The molecule has 0 radical (unpaired) electrons. The van der Waals surface area contributed by atoms with Crippen LogP contribution in [0.2, 0.25) is 0 Å². The highest BCUT2D eigenvalue weighted by Gasteiger charge is 2.63. The summed E-state index contributed by atoms with van der Waals surface area (Å²) < 4.78 is 0. The van der Waals surface area contributed by atoms with Crippen LogP contribution in [0.4, 0.5) is 0 Å². The normalized spacial score (nSPS) is 49.1. The standard InChI is InChI=1S/C28H48O5/c1-14(2)15(3)25(32)26(33)16(4)18-7-8-19-17-11-22(29)21-12-23(30)24(31)13-28(21,6)20(17)9-10-27(18,19)5/h14-21,23-26,30-33H,7-13H2,1-6H3/t15-,16-,17-,18+,19-,20-,21+,23+,24+,25+,26+,27+,28+/m0/s1. The minimum Gasteiger partial charge on any atom is -0.390 e. The maximum atomic E-state index is 13.3. The fourth-order valence-electron chi connectivity index (χ4n) is 9.23. The van der Waals surface area contributed by atoms with E-state index < -0.39 is 24.4 Å². The second-order valence-electron chi connectivity index (χ2n) is 13.4. The van der Waals surface area contributed by atoms with Crippen molar-refractivity contribution in [1.82, 2.24) is 0 Å². The van der Waals surface area contributed by atoms with E-state index in [-0.39, 0.29) is 34.4 Å². The van der Waals surface area contributed by atoms with E-state index >= 15 is 0 Å². The largest absolute Gasteiger partial charge is 0.390 e. The summed E-state index contributed by atoms with van der Waals surface area (Å²) in [6, 6.07) is 0. The molecule has 0 bridgehead atoms. The van der Waals surface area contributed by atoms with Gasteiger partial charge in [-0.15, -0.1) is 0 Å². The van der Waals surface area contributed by atoms with Crippen LogP contribution in [-0.2, 0) is 4.79 Å². The number of ketones is 1. The van der Waals surface area contributed by atoms with E-state index in [1.165, 1.54) is 0 Å². The van der Waals surface area contributed by atoms with E-state index in [1.807, 2.05) is 6.92 Å². The Balaban J connectivity index is 1.56. The molecule has 0 saturated heterocycles. The summed E-state index contributed by atoms with van der Waals surface area (Å²) in [5.41, 5.74) is -0.162. The highest BCUT2D eigenvalue weighted by molar-refractivity contribution is 5.83. The molecule has 190 valence electrons. The Morgan fingerprint density at radius 1 is 0.879 bits per heavy atom. The van der Waals surface area contributed by atoms with Crippen LogP contribution < -0.4 is 0 Å². The van der Waals surface area contributed by atoms with Gasteiger partial charge in [-0.05, 0) is 90.8 Å². The number of Topliss-reactive ketones (excluding diaryl/α,β-unsaturated/α-hetero) is 1. The van der Waals surface area contributed by atoms with Crippen LogP contribution >= 0.6 is 0 Å². The van der Waals surface area contributed by atoms with E-state index in [2.05, 4.69) is 34.6 Å². The first-order chi connectivity index (χ1) is 15.3. The minimum atomic E-state index is -0.782. The average molecular weight is 465 g/mol. The van der Waals surface area contributed by atoms with Crippen molar-refractivity contribution in [3.63, 3.8) is 0 Å². The Labute approximate surface area is 200 Å². The first kappa shape index (κ1) is 25.6. The third-order valence-corrected chi connectivity index (χ3v) is 11.7. The van der Waals surface area contributed by atoms with Crippen LogP contribution in [0.5, 0.6) is 0 Å². The summed E-state index contributed by atoms with van der Waals surface area (Å²) in [6.07, 6.45) is 2.80. The lowest BCUT2D eigenvalue weighted by atomic mass is 9.44. The molecule has 0 aliphatic heterocycles. The molecule has 4 rings (SSSR count). The Morgan fingerprint density at radius 2 is 1.52 bits per heavy atom. The lowest BCUT2D eigenvalue weighted by Crippen LogP contribution is -2.59. The molecule has 0 amide bonds. The predicted octanol–water partition coefficient (Wildman–Crippen LogP) is 3.81. The molecule has 0 aromatic heterocycles. The third-order valence-electron chi connectivity index (χ3n) is 11.7. The zero-order valence-corrected chi connectivity index (χ0v) is 21.6. The first-order valence-electron chi connectivity index (χ1n) is 13.6. The molecule has 4 N–H and O–H groups in total. The molecule has 0 aromatic rings. The van der Waals surface area contributed by atoms with Gasteiger partial charge < -0.3 is 20.4 Å². The number of carbonyl (C=O) groups is 1. The van der Waals surface area contributed by atoms with Gasteiger partial charge in [0.05, 0.1) is 24.4 Å². The average Bonchev–Trinajstić information content (AvgIpc) is 3.10. The SMILES string of the molecule is CC(C)[C@H](C)[C@@H](O)[C@H](O)[C@@H](C)[C@H]1CC[C@H]2[C@@H]3CC(=O)[C@H]4C[C@@H](O)[C@H](O)C[C@]4(C)[C@H]3CC[C@]12C. The van der Waals surface area contributed by atoms with E-state index in [1.54, 1.807) is 0 Å². The van der Waals surface area contributed by atoms with Crippen LogP contribution in [-0.4, -0.2) is 50.6 Å². The number of carbonyl (C=O) groups excluding carboxylic acids is 1. The van der Waals surface area contributed by atoms with Crippen molar-refractivity contribution in [3.8, 4) is 0 Å². The summed E-state index contributed by atoms with van der Waals surface area (Å²) in [5.74, 6) is 2.05. The molecule has 0 unspecified atom stereocenters. The van der Waals surface area contributed by atoms with E-state index in [0.717, 1.165) is 25.7 Å². The van der Waals surface area contributed by atoms with Gasteiger partial charge in [0.15, 0.2) is 0 Å². The zero-order chi connectivity index (χ0) is 24.5. The van der Waals surface area contributed by atoms with Crippen LogP contribution in [0.15, 0.2) is 0 Å². The van der Waals surface area contributed by atoms with Crippen LogP contribution in [0.25, 0.3) is 0 Å². The predicted molar refractivity (Wildman–Crippen MR) is 128 cm³/mol. The number of aliphatic hydroxyl groups is 4. The number of hydrogen-bond acceptors (Lipinski definition) is 5. The maximum Gasteiger partial charge on any atom is 0.136 e. The minimum absolute atomic E-state index is 0.0158. The topological polar surface area (TPSA) is 98.0 Å². The van der Waals surface area contributed by atoms with Gasteiger partial charge in [-0.25, -0.2) is 0 Å². The Morgan fingerprint density at radius 3 is 2.15 bits per heavy atom. The van der Waals surface area contributed by atoms with Gasteiger partial charge in [0, 0.05) is 12.3 Å². The van der Waals surface area contributed by atoms with Crippen molar-refractivity contribution in [2.45, 2.75) is 111 Å². The summed E-state index contributed by atoms with van der Waals surface area (Å²) >= 11 is 0. The Bertz CT molecular complexity index is 738. The molecule has 4 saturated carbocycles. The van der Waals surface area contributed by atoms with Gasteiger partial charge in [-0.1, -0.05) is 41.5 Å². The van der Waals surface area contributed by atoms with E-state index in [4.69, 9.17) is 0 Å². The van der Waals surface area contributed by atoms with Gasteiger partial charge in [-0.3, -0.25) is 4.79 Å². The second kappa shape index (κ2) is 8.87. The highest BCUT2D eigenvalue weighted by Crippen LogP contribution is 2.67.